The van der Waals surface area contributed by atoms with Crippen molar-refractivity contribution in [3.8, 4) is 0 Å². The number of benzene rings is 2. The molecule has 1 atom stereocenters. The zero-order chi connectivity index (χ0) is 15.2. The molecule has 0 saturated heterocycles. The summed E-state index contributed by atoms with van der Waals surface area (Å²) >= 11 is 9.89. The fourth-order valence-electron chi connectivity index (χ4n) is 2.36. The molecule has 3 heteroatoms. The van der Waals surface area contributed by atoms with Gasteiger partial charge in [-0.25, -0.2) is 0 Å². The second-order valence-electron chi connectivity index (χ2n) is 5.33. The normalized spacial score (nSPS) is 12.2. The van der Waals surface area contributed by atoms with E-state index in [1.807, 2.05) is 13.0 Å². The molecule has 0 aromatic heterocycles. The van der Waals surface area contributed by atoms with Crippen LogP contribution in [-0.4, -0.2) is 0 Å². The Morgan fingerprint density at radius 1 is 1.19 bits per heavy atom. The highest BCUT2D eigenvalue weighted by molar-refractivity contribution is 9.10. The number of hydrogen-bond donors (Lipinski definition) is 1. The van der Waals surface area contributed by atoms with Crippen molar-refractivity contribution in [3.05, 3.63) is 63.1 Å². The third kappa shape index (κ3) is 4.49. The van der Waals surface area contributed by atoms with Gasteiger partial charge in [-0.3, -0.25) is 0 Å². The summed E-state index contributed by atoms with van der Waals surface area (Å²) in [5, 5.41) is 4.43. The standard InChI is InChI=1S/C18H21BrClN/c1-3-4-10-17(14-8-6-5-7-9-14)21-18-12-16(20)13(2)11-15(18)19/h5-9,11-12,17,21H,3-4,10H2,1-2H3. The quantitative estimate of drug-likeness (QED) is 0.596. The zero-order valence-corrected chi connectivity index (χ0v) is 14.8. The molecule has 0 amide bonds. The Hall–Kier alpha value is -0.990. The van der Waals surface area contributed by atoms with Crippen molar-refractivity contribution in [3.63, 3.8) is 0 Å². The van der Waals surface area contributed by atoms with E-state index < -0.39 is 0 Å². The van der Waals surface area contributed by atoms with Crippen molar-refractivity contribution in [2.45, 2.75) is 39.2 Å². The second kappa shape index (κ2) is 7.86. The van der Waals surface area contributed by atoms with Crippen LogP contribution >= 0.6 is 27.5 Å². The molecule has 0 spiro atoms. The highest BCUT2D eigenvalue weighted by Crippen LogP contribution is 2.33. The minimum absolute atomic E-state index is 0.307. The lowest BCUT2D eigenvalue weighted by atomic mass is 10.0. The first-order valence-electron chi connectivity index (χ1n) is 7.39. The van der Waals surface area contributed by atoms with Gasteiger partial charge < -0.3 is 5.32 Å². The number of aryl methyl sites for hydroxylation is 1. The van der Waals surface area contributed by atoms with E-state index in [-0.39, 0.29) is 0 Å². The lowest BCUT2D eigenvalue weighted by Crippen LogP contribution is -2.11. The molecule has 1 unspecified atom stereocenters. The van der Waals surface area contributed by atoms with Crippen molar-refractivity contribution in [2.24, 2.45) is 0 Å². The van der Waals surface area contributed by atoms with Gasteiger partial charge in [0, 0.05) is 9.50 Å². The Morgan fingerprint density at radius 2 is 1.90 bits per heavy atom. The summed E-state index contributed by atoms with van der Waals surface area (Å²) in [6.07, 6.45) is 3.50. The lowest BCUT2D eigenvalue weighted by Gasteiger charge is -2.22. The van der Waals surface area contributed by atoms with Gasteiger partial charge in [0.25, 0.3) is 0 Å². The highest BCUT2D eigenvalue weighted by atomic mass is 79.9. The molecular weight excluding hydrogens is 346 g/mol. The topological polar surface area (TPSA) is 12.0 Å². The van der Waals surface area contributed by atoms with Crippen molar-refractivity contribution in [2.75, 3.05) is 5.32 Å². The molecule has 1 nitrogen and oxygen atoms in total. The van der Waals surface area contributed by atoms with Crippen molar-refractivity contribution < 1.29 is 0 Å². The number of hydrogen-bond acceptors (Lipinski definition) is 1. The molecule has 0 bridgehead atoms. The predicted octanol–water partition coefficient (Wildman–Crippen LogP) is 6.75. The van der Waals surface area contributed by atoms with Gasteiger partial charge >= 0.3 is 0 Å². The number of anilines is 1. The summed E-state index contributed by atoms with van der Waals surface area (Å²) in [6.45, 7) is 4.24. The number of halogens is 2. The molecular formula is C18H21BrClN. The van der Waals surface area contributed by atoms with Gasteiger partial charge in [-0.15, -0.1) is 0 Å². The maximum atomic E-state index is 6.26. The molecule has 0 heterocycles. The van der Waals surface area contributed by atoms with Crippen LogP contribution in [0.5, 0.6) is 0 Å². The molecule has 0 saturated carbocycles. The fourth-order valence-corrected chi connectivity index (χ4v) is 3.10. The minimum Gasteiger partial charge on any atom is -0.377 e. The largest absolute Gasteiger partial charge is 0.377 e. The average molecular weight is 367 g/mol. The Morgan fingerprint density at radius 3 is 2.57 bits per heavy atom. The van der Waals surface area contributed by atoms with Gasteiger partial charge in [0.05, 0.1) is 11.7 Å². The van der Waals surface area contributed by atoms with Gasteiger partial charge in [-0.2, -0.15) is 0 Å². The Labute approximate surface area is 140 Å². The van der Waals surface area contributed by atoms with Crippen LogP contribution in [0.2, 0.25) is 5.02 Å². The Balaban J connectivity index is 2.25. The second-order valence-corrected chi connectivity index (χ2v) is 6.59. The van der Waals surface area contributed by atoms with Gasteiger partial charge in [0.15, 0.2) is 0 Å². The fraction of sp³-hybridized carbons (Fsp3) is 0.333. The number of nitrogens with one attached hydrogen (secondary N) is 1. The summed E-state index contributed by atoms with van der Waals surface area (Å²) in [5.41, 5.74) is 3.45. The van der Waals surface area contributed by atoms with E-state index in [0.29, 0.717) is 6.04 Å². The molecule has 112 valence electrons. The van der Waals surface area contributed by atoms with Crippen LogP contribution in [0.3, 0.4) is 0 Å². The van der Waals surface area contributed by atoms with E-state index >= 15 is 0 Å². The summed E-state index contributed by atoms with van der Waals surface area (Å²) < 4.78 is 1.06. The monoisotopic (exact) mass is 365 g/mol. The van der Waals surface area contributed by atoms with Crippen LogP contribution in [-0.2, 0) is 0 Å². The molecule has 0 aliphatic carbocycles. The van der Waals surface area contributed by atoms with Gasteiger partial charge in [0.1, 0.15) is 0 Å². The molecule has 0 radical (unpaired) electrons. The molecule has 0 fully saturated rings. The molecule has 1 N–H and O–H groups in total. The SMILES string of the molecule is CCCCC(Nc1cc(Cl)c(C)cc1Br)c1ccccc1. The highest BCUT2D eigenvalue weighted by Gasteiger charge is 2.13. The third-order valence-electron chi connectivity index (χ3n) is 3.63. The molecule has 21 heavy (non-hydrogen) atoms. The molecule has 2 aromatic rings. The van der Waals surface area contributed by atoms with Crippen LogP contribution in [0.4, 0.5) is 5.69 Å². The third-order valence-corrected chi connectivity index (χ3v) is 4.69. The van der Waals surface area contributed by atoms with Crippen LogP contribution < -0.4 is 5.32 Å². The maximum absolute atomic E-state index is 6.26. The molecule has 2 aromatic carbocycles. The lowest BCUT2D eigenvalue weighted by molar-refractivity contribution is 0.634. The first-order valence-corrected chi connectivity index (χ1v) is 8.56. The van der Waals surface area contributed by atoms with Crippen molar-refractivity contribution in [1.29, 1.82) is 0 Å². The summed E-state index contributed by atoms with van der Waals surface area (Å²) in [5.74, 6) is 0. The summed E-state index contributed by atoms with van der Waals surface area (Å²) in [6, 6.07) is 15.0. The Bertz CT molecular complexity index is 583. The van der Waals surface area contributed by atoms with E-state index in [2.05, 4.69) is 64.6 Å². The Kier molecular flexibility index (Phi) is 6.13. The summed E-state index contributed by atoms with van der Waals surface area (Å²) in [4.78, 5) is 0. The van der Waals surface area contributed by atoms with Crippen LogP contribution in [0.15, 0.2) is 46.9 Å². The van der Waals surface area contributed by atoms with Crippen LogP contribution in [0.25, 0.3) is 0 Å². The van der Waals surface area contributed by atoms with E-state index in [0.717, 1.165) is 27.2 Å². The first-order chi connectivity index (χ1) is 10.1. The van der Waals surface area contributed by atoms with Crippen LogP contribution in [0, 0.1) is 6.92 Å². The predicted molar refractivity (Wildman–Crippen MR) is 96.2 cm³/mol. The van der Waals surface area contributed by atoms with Crippen LogP contribution in [0.1, 0.15) is 43.4 Å². The van der Waals surface area contributed by atoms with Crippen molar-refractivity contribution in [1.82, 2.24) is 0 Å². The first kappa shape index (κ1) is 16.4. The van der Waals surface area contributed by atoms with Gasteiger partial charge in [-0.05, 0) is 52.5 Å². The zero-order valence-electron chi connectivity index (χ0n) is 12.5. The number of rotatable bonds is 6. The van der Waals surface area contributed by atoms with E-state index in [9.17, 15) is 0 Å². The minimum atomic E-state index is 0.307. The smallest absolute Gasteiger partial charge is 0.0514 e. The van der Waals surface area contributed by atoms with E-state index in [4.69, 9.17) is 11.6 Å². The van der Waals surface area contributed by atoms with Gasteiger partial charge in [0.2, 0.25) is 0 Å². The van der Waals surface area contributed by atoms with Crippen molar-refractivity contribution >= 4 is 33.2 Å². The number of unbranched alkanes of at least 4 members (excludes halogenated alkanes) is 1. The van der Waals surface area contributed by atoms with Gasteiger partial charge in [-0.1, -0.05) is 61.7 Å². The summed E-state index contributed by atoms with van der Waals surface area (Å²) in [7, 11) is 0. The molecule has 0 aliphatic rings. The molecule has 0 aliphatic heterocycles. The maximum Gasteiger partial charge on any atom is 0.0514 e. The van der Waals surface area contributed by atoms with E-state index in [1.54, 1.807) is 0 Å². The molecule has 2 rings (SSSR count). The average Bonchev–Trinajstić information content (AvgIpc) is 2.49. The van der Waals surface area contributed by atoms with E-state index in [1.165, 1.54) is 18.4 Å².